The Kier molecular flexibility index (Phi) is 7.93. The van der Waals surface area contributed by atoms with Crippen LogP contribution in [0.2, 0.25) is 3.67 Å². The van der Waals surface area contributed by atoms with Crippen LogP contribution in [-0.4, -0.2) is 87.2 Å². The number of amides is 1. The molecule has 2 N–H and O–H groups in total. The zero-order valence-electron chi connectivity index (χ0n) is 23.5. The van der Waals surface area contributed by atoms with Gasteiger partial charge in [0.05, 0.1) is 0 Å². The van der Waals surface area contributed by atoms with E-state index in [-0.39, 0.29) is 5.91 Å². The second kappa shape index (κ2) is 11.4. The summed E-state index contributed by atoms with van der Waals surface area (Å²) in [7, 11) is 1.78. The molecule has 3 aromatic rings. The predicted molar refractivity (Wildman–Crippen MR) is 160 cm³/mol. The number of H-pyrrole nitrogens is 1. The first-order valence-electron chi connectivity index (χ1n) is 14.6. The third-order valence-electron chi connectivity index (χ3n) is 9.63. The van der Waals surface area contributed by atoms with Crippen molar-refractivity contribution in [3.63, 3.8) is 0 Å². The fourth-order valence-corrected chi connectivity index (χ4v) is 11.0. The maximum absolute atomic E-state index is 12.8. The van der Waals surface area contributed by atoms with Crippen LogP contribution in [0.4, 0.5) is 0 Å². The second-order valence-corrected chi connectivity index (χ2v) is 16.1. The van der Waals surface area contributed by atoms with Gasteiger partial charge in [-0.3, -0.25) is 0 Å². The molecule has 1 aromatic heterocycles. The van der Waals surface area contributed by atoms with E-state index in [4.69, 9.17) is 4.74 Å². The first-order valence-corrected chi connectivity index (χ1v) is 18.8. The number of aromatic nitrogens is 1. The molecule has 0 bridgehead atoms. The molecule has 204 valence electrons. The summed E-state index contributed by atoms with van der Waals surface area (Å²) in [6.07, 6.45) is 8.54. The summed E-state index contributed by atoms with van der Waals surface area (Å²) in [5.41, 5.74) is 6.22. The minimum absolute atomic E-state index is 0.0300. The number of likely N-dealkylation sites (tertiary alicyclic amines) is 2. The van der Waals surface area contributed by atoms with Gasteiger partial charge >= 0.3 is 213 Å². The Morgan fingerprint density at radius 2 is 1.97 bits per heavy atom. The van der Waals surface area contributed by atoms with Crippen LogP contribution in [0.15, 0.2) is 42.6 Å². The van der Waals surface area contributed by atoms with Gasteiger partial charge in [-0.25, -0.2) is 0 Å². The number of nitrogens with zero attached hydrogens (tertiary/aromatic N) is 2. The summed E-state index contributed by atoms with van der Waals surface area (Å²) in [5.74, 6) is 1.00. The van der Waals surface area contributed by atoms with Crippen molar-refractivity contribution in [2.24, 2.45) is 5.41 Å². The van der Waals surface area contributed by atoms with Gasteiger partial charge in [0.1, 0.15) is 0 Å². The van der Waals surface area contributed by atoms with Gasteiger partial charge in [0.25, 0.3) is 0 Å². The van der Waals surface area contributed by atoms with E-state index in [0.717, 1.165) is 47.7 Å². The molecule has 6 rings (SSSR count). The number of ether oxygens (including phenoxy) is 1. The van der Waals surface area contributed by atoms with Crippen LogP contribution < -0.4 is 10.1 Å². The van der Waals surface area contributed by atoms with E-state index in [9.17, 15) is 4.79 Å². The van der Waals surface area contributed by atoms with Crippen molar-refractivity contribution in [1.82, 2.24) is 20.1 Å². The van der Waals surface area contributed by atoms with Crippen LogP contribution in [-0.2, 0) is 6.54 Å². The molecule has 1 atom stereocenters. The molecule has 3 aliphatic rings. The van der Waals surface area contributed by atoms with Crippen molar-refractivity contribution in [3.8, 4) is 5.75 Å². The summed E-state index contributed by atoms with van der Waals surface area (Å²) in [6, 6.07) is 13.2. The van der Waals surface area contributed by atoms with Crippen molar-refractivity contribution < 1.29 is 9.53 Å². The molecule has 2 saturated heterocycles. The number of benzene rings is 2. The monoisotopic (exact) mass is 628 g/mol. The third-order valence-corrected chi connectivity index (χ3v) is 12.9. The zero-order valence-corrected chi connectivity index (χ0v) is 26.8. The van der Waals surface area contributed by atoms with E-state index in [1.165, 1.54) is 59.7 Å². The molecule has 3 fully saturated rings. The average Bonchev–Trinajstić information content (AvgIpc) is 3.41. The van der Waals surface area contributed by atoms with Crippen LogP contribution in [0.5, 0.6) is 5.75 Å². The summed E-state index contributed by atoms with van der Waals surface area (Å²) >= 11 is -0.620. The number of carbonyl (C=O) groups excluding carboxylic acids is 1. The fourth-order valence-electron chi connectivity index (χ4n) is 7.16. The Morgan fingerprint density at radius 1 is 1.18 bits per heavy atom. The Balaban J connectivity index is 1.23. The Hall–Kier alpha value is -2.09. The second-order valence-electron chi connectivity index (χ2n) is 12.1. The Bertz CT molecular complexity index is 1340. The molecule has 2 aromatic carbocycles. The van der Waals surface area contributed by atoms with Crippen LogP contribution in [0.1, 0.15) is 65.2 Å². The Labute approximate surface area is 243 Å². The molecule has 1 saturated carbocycles. The van der Waals surface area contributed by atoms with E-state index in [1.54, 1.807) is 7.11 Å². The number of nitrogens with one attached hydrogen (secondary N) is 2. The van der Waals surface area contributed by atoms with Crippen LogP contribution in [0, 0.1) is 12.3 Å². The van der Waals surface area contributed by atoms with Gasteiger partial charge in [-0.05, 0) is 19.5 Å². The summed E-state index contributed by atoms with van der Waals surface area (Å²) in [6.45, 7) is 8.06. The predicted octanol–water partition coefficient (Wildman–Crippen LogP) is 4.96. The van der Waals surface area contributed by atoms with Crippen molar-refractivity contribution in [2.75, 3.05) is 39.8 Å². The van der Waals surface area contributed by atoms with Gasteiger partial charge in [-0.15, -0.1) is 0 Å². The molecule has 1 spiro atoms. The molecule has 0 unspecified atom stereocenters. The summed E-state index contributed by atoms with van der Waals surface area (Å²) < 4.78 is 11.2. The van der Waals surface area contributed by atoms with Crippen molar-refractivity contribution in [1.29, 1.82) is 0 Å². The number of fused-ring (bicyclic) bond motifs is 1. The summed E-state index contributed by atoms with van der Waals surface area (Å²) in [4.78, 5) is 21.3. The number of carbonyl (C=O) groups is 1. The van der Waals surface area contributed by atoms with Crippen LogP contribution >= 0.6 is 0 Å². The standard InChI is InChI=1S/C31H39N4O2.CH2.In/c1-22-19-28(37-2)26(25-9-13-32-29(22)25)21-35-17-12-31(10-3-11-31)20-27(35)23-5-7-24(8-6-23)30(36)33-14-18-34-15-4-16-34;;/h3,5-9,13,19,27,32H,4,10-12,14-18,20-21H2,1-2H3,(H,33,36);1H2;/t27-;;/m0../s1. The number of piperidine rings is 1. The number of hydrogen-bond donors (Lipinski definition) is 2. The van der Waals surface area contributed by atoms with Gasteiger partial charge < -0.3 is 4.90 Å². The summed E-state index contributed by atoms with van der Waals surface area (Å²) in [5, 5.41) is 4.36. The zero-order chi connectivity index (χ0) is 27.0. The van der Waals surface area contributed by atoms with Crippen LogP contribution in [0.25, 0.3) is 10.9 Å². The van der Waals surface area contributed by atoms with Crippen molar-refractivity contribution >= 4 is 43.5 Å². The normalized spacial score (nSPS) is 25.2. The molecular weight excluding hydrogens is 587 g/mol. The SMILES string of the molecule is [CH2]=[In][CH]1CC2(CCN(Cc3c(OC)cc(C)c4[nH]ccc34)[C@H](c3ccc(C(=O)NCCN4CCC4)cc3)C2)C1. The van der Waals surface area contributed by atoms with Gasteiger partial charge in [0, 0.05) is 6.54 Å². The van der Waals surface area contributed by atoms with Crippen molar-refractivity contribution in [3.05, 3.63) is 64.8 Å². The molecule has 1 amide bonds. The maximum atomic E-state index is 12.8. The topological polar surface area (TPSA) is 60.6 Å². The number of hydrogen-bond acceptors (Lipinski definition) is 4. The van der Waals surface area contributed by atoms with Gasteiger partial charge in [-0.1, -0.05) is 0 Å². The number of aromatic amines is 1. The number of methoxy groups -OCH3 is 1. The molecule has 39 heavy (non-hydrogen) atoms. The van der Waals surface area contributed by atoms with Gasteiger partial charge in [0.15, 0.2) is 0 Å². The van der Waals surface area contributed by atoms with Gasteiger partial charge in [0.2, 0.25) is 0 Å². The van der Waals surface area contributed by atoms with E-state index < -0.39 is 22.4 Å². The van der Waals surface area contributed by atoms with Crippen LogP contribution in [0.3, 0.4) is 0 Å². The Morgan fingerprint density at radius 3 is 2.67 bits per heavy atom. The van der Waals surface area contributed by atoms with E-state index in [1.807, 2.05) is 18.3 Å². The minimum atomic E-state index is -0.620. The van der Waals surface area contributed by atoms with E-state index >= 15 is 0 Å². The first kappa shape index (κ1) is 27.1. The fraction of sp³-hybridized carbons (Fsp3) is 0.500. The molecule has 2 aliphatic heterocycles. The van der Waals surface area contributed by atoms with Crippen molar-refractivity contribution in [2.45, 2.75) is 55.3 Å². The molecule has 7 heteroatoms. The quantitative estimate of drug-likeness (QED) is 0.352. The molecule has 1 aliphatic carbocycles. The molecule has 0 radical (unpaired) electrons. The van der Waals surface area contributed by atoms with Gasteiger partial charge in [-0.2, -0.15) is 0 Å². The first-order chi connectivity index (χ1) is 19.0. The van der Waals surface area contributed by atoms with E-state index in [0.29, 0.717) is 18.0 Å². The van der Waals surface area contributed by atoms with E-state index in [2.05, 4.69) is 55.6 Å². The molecule has 6 nitrogen and oxygen atoms in total. The number of rotatable bonds is 9. The third kappa shape index (κ3) is 5.47. The molecular formula is C32H41InN4O2. The average molecular weight is 629 g/mol. The molecule has 3 heterocycles. The number of aryl methyl sites for hydroxylation is 1.